The molecule has 2 heterocycles. The molecule has 8 rings (SSSR count). The van der Waals surface area contributed by atoms with Crippen LogP contribution in [0.25, 0.3) is 11.0 Å². The van der Waals surface area contributed by atoms with E-state index in [0.29, 0.717) is 24.3 Å². The van der Waals surface area contributed by atoms with Gasteiger partial charge in [0.05, 0.1) is 35.2 Å². The molecule has 226 valence electrons. The van der Waals surface area contributed by atoms with Crippen LogP contribution in [0.3, 0.4) is 0 Å². The topological polar surface area (TPSA) is 98.6 Å². The molecule has 5 fully saturated rings. The van der Waals surface area contributed by atoms with Gasteiger partial charge < -0.3 is 14.6 Å². The van der Waals surface area contributed by atoms with Crippen LogP contribution < -0.4 is 0 Å². The van der Waals surface area contributed by atoms with Crippen LogP contribution in [0.15, 0.2) is 59.3 Å². The zero-order chi connectivity index (χ0) is 29.8. The van der Waals surface area contributed by atoms with Gasteiger partial charge in [0, 0.05) is 29.6 Å². The Balaban J connectivity index is 1.16. The number of hydrogen-bond acceptors (Lipinski definition) is 8. The summed E-state index contributed by atoms with van der Waals surface area (Å²) in [6.45, 7) is 3.85. The third-order valence-electron chi connectivity index (χ3n) is 12.1. The van der Waals surface area contributed by atoms with Crippen LogP contribution in [0.5, 0.6) is 0 Å². The molecule has 4 unspecified atom stereocenters. The lowest BCUT2D eigenvalue weighted by Crippen LogP contribution is -2.70. The summed E-state index contributed by atoms with van der Waals surface area (Å²) in [6, 6.07) is 7.63. The molecule has 6 aliphatic rings. The molecule has 9 heteroatoms. The average Bonchev–Trinajstić information content (AvgIpc) is 3.65. The van der Waals surface area contributed by atoms with Gasteiger partial charge in [-0.15, -0.1) is 0 Å². The van der Waals surface area contributed by atoms with E-state index in [1.165, 1.54) is 17.8 Å². The molecule has 1 aromatic heterocycles. The second-order valence-corrected chi connectivity index (χ2v) is 15.0. The Morgan fingerprint density at radius 1 is 1.16 bits per heavy atom. The second kappa shape index (κ2) is 9.28. The lowest BCUT2D eigenvalue weighted by Gasteiger charge is -2.62. The van der Waals surface area contributed by atoms with Gasteiger partial charge in [-0.3, -0.25) is 14.6 Å². The van der Waals surface area contributed by atoms with Gasteiger partial charge in [-0.2, -0.15) is 0 Å². The molecule has 5 aliphatic carbocycles. The van der Waals surface area contributed by atoms with Crippen LogP contribution in [0, 0.1) is 22.7 Å². The van der Waals surface area contributed by atoms with Crippen molar-refractivity contribution < 1.29 is 28.6 Å². The highest BCUT2D eigenvalue weighted by atomic mass is 32.2. The third-order valence-corrected chi connectivity index (χ3v) is 13.0. The monoisotopic (exact) mass is 604 g/mol. The van der Waals surface area contributed by atoms with Crippen molar-refractivity contribution in [2.45, 2.75) is 99.5 Å². The molecule has 1 N–H and O–H groups in total. The SMILES string of the molecule is CC12C[C@H](O)[C@@]3(F)C(CCC4=CC(=O)C=CC43C)C1C[C@@H]1OC3(CCCC3)O[C@]12C(=O)CSc1cnc2ccccc2n1. The second-order valence-electron chi connectivity index (χ2n) is 14.0. The number of Topliss-reactive ketones (excluding diaryl/α,β-unsaturated/α-hetero) is 1. The molecule has 1 aliphatic heterocycles. The summed E-state index contributed by atoms with van der Waals surface area (Å²) in [5.74, 6) is -1.66. The molecule has 0 bridgehead atoms. The molecule has 0 radical (unpaired) electrons. The summed E-state index contributed by atoms with van der Waals surface area (Å²) in [7, 11) is 0. The Hall–Kier alpha value is -2.46. The van der Waals surface area contributed by atoms with Crippen LogP contribution >= 0.6 is 11.8 Å². The van der Waals surface area contributed by atoms with Gasteiger partial charge in [-0.1, -0.05) is 42.5 Å². The van der Waals surface area contributed by atoms with Gasteiger partial charge in [0.1, 0.15) is 5.03 Å². The molecular formula is C34H37FN2O5S. The largest absolute Gasteiger partial charge is 0.390 e. The molecular weight excluding hydrogens is 567 g/mol. The fourth-order valence-electron chi connectivity index (χ4n) is 10.0. The predicted molar refractivity (Wildman–Crippen MR) is 159 cm³/mol. The Bertz CT molecular complexity index is 1610. The summed E-state index contributed by atoms with van der Waals surface area (Å²) in [4.78, 5) is 36.1. The van der Waals surface area contributed by atoms with Gasteiger partial charge >= 0.3 is 0 Å². The number of nitrogens with zero attached hydrogens (tertiary/aromatic N) is 2. The van der Waals surface area contributed by atoms with E-state index in [1.54, 1.807) is 18.3 Å². The van der Waals surface area contributed by atoms with Gasteiger partial charge in [0.2, 0.25) is 0 Å². The number of alkyl halides is 1. The maximum atomic E-state index is 17.7. The number of halogens is 1. The Kier molecular flexibility index (Phi) is 6.05. The lowest BCUT2D eigenvalue weighted by molar-refractivity contribution is -0.252. The highest BCUT2D eigenvalue weighted by molar-refractivity contribution is 7.99. The summed E-state index contributed by atoms with van der Waals surface area (Å²) in [6.07, 6.45) is 9.55. The first kappa shape index (κ1) is 28.0. The van der Waals surface area contributed by atoms with E-state index in [2.05, 4.69) is 4.98 Å². The van der Waals surface area contributed by atoms with E-state index in [0.717, 1.165) is 42.3 Å². The Morgan fingerprint density at radius 3 is 2.72 bits per heavy atom. The standard InChI is InChI=1S/C34H37FN2O5S/c1-30-14-11-21(38)15-20(30)9-10-22-23-16-28-34(42-32(41-28)12-5-6-13-32,31(23,2)17-26(39)33(22,30)35)27(40)19-43-29-18-36-24-7-3-4-8-25(24)37-29/h3-4,7-8,11,14-15,18,22-23,26,28,39H,5-6,9-10,12-13,16-17,19H2,1-2H3/t22?,23?,26-,28-,30?,31?,33-,34+/m0/s1. The fourth-order valence-corrected chi connectivity index (χ4v) is 10.8. The van der Waals surface area contributed by atoms with Gasteiger partial charge in [0.15, 0.2) is 28.6 Å². The van der Waals surface area contributed by atoms with Crippen LogP contribution in [0.2, 0.25) is 0 Å². The van der Waals surface area contributed by atoms with Crippen molar-refractivity contribution in [3.63, 3.8) is 0 Å². The molecule has 1 spiro atoms. The number of aliphatic hydroxyl groups is 1. The zero-order valence-electron chi connectivity index (χ0n) is 24.6. The van der Waals surface area contributed by atoms with Crippen LogP contribution in [0.4, 0.5) is 4.39 Å². The number of carbonyl (C=O) groups excluding carboxylic acids is 2. The first-order valence-electron chi connectivity index (χ1n) is 15.6. The molecule has 8 atom stereocenters. The maximum Gasteiger partial charge on any atom is 0.178 e. The molecule has 0 amide bonds. The highest BCUT2D eigenvalue weighted by Crippen LogP contribution is 2.73. The molecule has 2 aromatic rings. The molecule has 1 aromatic carbocycles. The quantitative estimate of drug-likeness (QED) is 0.444. The normalized spacial score (nSPS) is 42.4. The summed E-state index contributed by atoms with van der Waals surface area (Å²) >= 11 is 1.34. The number of hydrogen-bond donors (Lipinski definition) is 1. The number of ether oxygens (including phenoxy) is 2. The third kappa shape index (κ3) is 3.59. The lowest BCUT2D eigenvalue weighted by atomic mass is 9.44. The van der Waals surface area contributed by atoms with Crippen molar-refractivity contribution >= 4 is 34.4 Å². The van der Waals surface area contributed by atoms with Crippen molar-refractivity contribution in [2.24, 2.45) is 22.7 Å². The Labute approximate surface area is 254 Å². The van der Waals surface area contributed by atoms with Crippen molar-refractivity contribution in [1.29, 1.82) is 0 Å². The first-order chi connectivity index (χ1) is 20.5. The number of benzene rings is 1. The number of ketones is 2. The minimum atomic E-state index is -1.97. The number of allylic oxidation sites excluding steroid dienone is 4. The van der Waals surface area contributed by atoms with Gasteiger partial charge in [0.25, 0.3) is 0 Å². The molecule has 7 nitrogen and oxygen atoms in total. The van der Waals surface area contributed by atoms with Crippen LogP contribution in [-0.2, 0) is 19.1 Å². The number of thioether (sulfide) groups is 1. The molecule has 1 saturated heterocycles. The van der Waals surface area contributed by atoms with Crippen molar-refractivity contribution in [3.8, 4) is 0 Å². The van der Waals surface area contributed by atoms with Gasteiger partial charge in [-0.05, 0) is 75.7 Å². The van der Waals surface area contributed by atoms with E-state index in [1.807, 2.05) is 38.1 Å². The van der Waals surface area contributed by atoms with Crippen molar-refractivity contribution in [1.82, 2.24) is 9.97 Å². The van der Waals surface area contributed by atoms with E-state index < -0.39 is 46.0 Å². The number of rotatable bonds is 4. The zero-order valence-corrected chi connectivity index (χ0v) is 25.4. The fraction of sp³-hybridized carbons (Fsp3) is 0.588. The molecule has 43 heavy (non-hydrogen) atoms. The minimum absolute atomic E-state index is 0.0808. The first-order valence-corrected chi connectivity index (χ1v) is 16.6. The summed E-state index contributed by atoms with van der Waals surface area (Å²) < 4.78 is 31.5. The minimum Gasteiger partial charge on any atom is -0.390 e. The predicted octanol–water partition coefficient (Wildman–Crippen LogP) is 5.70. The summed E-state index contributed by atoms with van der Waals surface area (Å²) in [5.41, 5.74) is -2.88. The summed E-state index contributed by atoms with van der Waals surface area (Å²) in [5, 5.41) is 12.5. The number of aromatic nitrogens is 2. The Morgan fingerprint density at radius 2 is 1.93 bits per heavy atom. The highest BCUT2D eigenvalue weighted by Gasteiger charge is 2.80. The number of fused-ring (bicyclic) bond motifs is 8. The maximum absolute atomic E-state index is 17.7. The number of carbonyl (C=O) groups is 2. The van der Waals surface area contributed by atoms with Crippen molar-refractivity contribution in [2.75, 3.05) is 5.75 Å². The van der Waals surface area contributed by atoms with Crippen LogP contribution in [0.1, 0.15) is 65.2 Å². The number of aliphatic hydroxyl groups excluding tert-OH is 1. The average molecular weight is 605 g/mol. The van der Waals surface area contributed by atoms with E-state index in [-0.39, 0.29) is 29.7 Å². The van der Waals surface area contributed by atoms with E-state index in [9.17, 15) is 14.7 Å². The van der Waals surface area contributed by atoms with E-state index in [4.69, 9.17) is 14.5 Å². The van der Waals surface area contributed by atoms with E-state index >= 15 is 4.39 Å². The van der Waals surface area contributed by atoms with Crippen LogP contribution in [-0.4, -0.2) is 61.7 Å². The van der Waals surface area contributed by atoms with Gasteiger partial charge in [-0.25, -0.2) is 9.37 Å². The molecule has 4 saturated carbocycles. The number of para-hydroxylation sites is 2. The smallest absolute Gasteiger partial charge is 0.178 e. The van der Waals surface area contributed by atoms with Crippen molar-refractivity contribution in [3.05, 3.63) is 54.3 Å².